The van der Waals surface area contributed by atoms with Gasteiger partial charge in [0.05, 0.1) is 11.4 Å². The van der Waals surface area contributed by atoms with Gasteiger partial charge in [-0.3, -0.25) is 10.1 Å². The molecule has 1 aliphatic rings. The number of carbonyl (C=O) groups excluding carboxylic acids is 2. The highest BCUT2D eigenvalue weighted by Crippen LogP contribution is 2.29. The number of nitrogens with zero attached hydrogens (tertiary/aromatic N) is 1. The molecule has 1 atom stereocenters. The molecular weight excluding hydrogens is 244 g/mol. The standard InChI is InChI=1S/C13H18N4O2/c1-9(12(18)16-13(14)19)17-8-4-7-15-10-5-2-3-6-11(10)17/h2-3,5-6,9,15H,4,7-8H2,1H3,(H3,14,16,18,19). The predicted molar refractivity (Wildman–Crippen MR) is 74.1 cm³/mol. The fourth-order valence-corrected chi connectivity index (χ4v) is 2.24. The third-order valence-electron chi connectivity index (χ3n) is 3.20. The number of nitrogens with two attached hydrogens (primary N) is 1. The summed E-state index contributed by atoms with van der Waals surface area (Å²) in [6, 6.07) is 6.54. The molecule has 1 unspecified atom stereocenters. The zero-order valence-electron chi connectivity index (χ0n) is 10.8. The number of rotatable bonds is 2. The Morgan fingerprint density at radius 1 is 1.42 bits per heavy atom. The summed E-state index contributed by atoms with van der Waals surface area (Å²) in [5.41, 5.74) is 6.95. The lowest BCUT2D eigenvalue weighted by atomic mass is 10.2. The Balaban J connectivity index is 2.24. The topological polar surface area (TPSA) is 87.5 Å². The number of nitrogens with one attached hydrogen (secondary N) is 2. The van der Waals surface area contributed by atoms with Gasteiger partial charge >= 0.3 is 6.03 Å². The summed E-state index contributed by atoms with van der Waals surface area (Å²) < 4.78 is 0. The van der Waals surface area contributed by atoms with Gasteiger partial charge in [0.15, 0.2) is 0 Å². The normalized spacial score (nSPS) is 15.7. The van der Waals surface area contributed by atoms with Crippen LogP contribution in [0.25, 0.3) is 0 Å². The zero-order chi connectivity index (χ0) is 13.8. The molecule has 1 aromatic rings. The predicted octanol–water partition coefficient (Wildman–Crippen LogP) is 0.892. The van der Waals surface area contributed by atoms with Crippen LogP contribution in [0, 0.1) is 0 Å². The SMILES string of the molecule is CC(C(=O)NC(N)=O)N1CCCNc2ccccc21. The second-order valence-electron chi connectivity index (χ2n) is 4.52. The summed E-state index contributed by atoms with van der Waals surface area (Å²) in [5.74, 6) is -0.385. The smallest absolute Gasteiger partial charge is 0.318 e. The minimum absolute atomic E-state index is 0.385. The Kier molecular flexibility index (Phi) is 3.89. The van der Waals surface area contributed by atoms with E-state index in [2.05, 4.69) is 10.6 Å². The number of benzene rings is 1. The Bertz CT molecular complexity index is 489. The Labute approximate surface area is 112 Å². The molecule has 0 spiro atoms. The van der Waals surface area contributed by atoms with Gasteiger partial charge in [-0.25, -0.2) is 4.79 Å². The van der Waals surface area contributed by atoms with E-state index in [0.29, 0.717) is 0 Å². The number of urea groups is 1. The van der Waals surface area contributed by atoms with Crippen LogP contribution in [0.5, 0.6) is 0 Å². The molecule has 1 heterocycles. The maximum atomic E-state index is 11.9. The van der Waals surface area contributed by atoms with Gasteiger partial charge in [-0.1, -0.05) is 12.1 Å². The van der Waals surface area contributed by atoms with Crippen LogP contribution in [-0.2, 0) is 4.79 Å². The van der Waals surface area contributed by atoms with Crippen molar-refractivity contribution in [2.24, 2.45) is 5.73 Å². The lowest BCUT2D eigenvalue weighted by Crippen LogP contribution is -2.48. The van der Waals surface area contributed by atoms with E-state index in [-0.39, 0.29) is 5.91 Å². The molecule has 1 aliphatic heterocycles. The molecule has 0 radical (unpaired) electrons. The number of primary amides is 1. The van der Waals surface area contributed by atoms with E-state index in [0.717, 1.165) is 30.9 Å². The first-order valence-corrected chi connectivity index (χ1v) is 6.29. The average Bonchev–Trinajstić information content (AvgIpc) is 2.59. The Morgan fingerprint density at radius 2 is 2.16 bits per heavy atom. The van der Waals surface area contributed by atoms with Crippen molar-refractivity contribution >= 4 is 23.3 Å². The van der Waals surface area contributed by atoms with E-state index in [1.54, 1.807) is 6.92 Å². The van der Waals surface area contributed by atoms with Gasteiger partial charge < -0.3 is 16.0 Å². The fourth-order valence-electron chi connectivity index (χ4n) is 2.24. The minimum Gasteiger partial charge on any atom is -0.383 e. The second kappa shape index (κ2) is 5.60. The van der Waals surface area contributed by atoms with Gasteiger partial charge in [-0.2, -0.15) is 0 Å². The summed E-state index contributed by atoms with van der Waals surface area (Å²) in [5, 5.41) is 5.45. The molecule has 0 aliphatic carbocycles. The molecule has 2 rings (SSSR count). The van der Waals surface area contributed by atoms with Crippen LogP contribution < -0.4 is 21.3 Å². The highest BCUT2D eigenvalue weighted by molar-refractivity contribution is 5.98. The lowest BCUT2D eigenvalue weighted by Gasteiger charge is -2.29. The average molecular weight is 262 g/mol. The minimum atomic E-state index is -0.821. The van der Waals surface area contributed by atoms with E-state index in [1.165, 1.54) is 0 Å². The fraction of sp³-hybridized carbons (Fsp3) is 0.385. The first kappa shape index (κ1) is 13.2. The number of hydrogen-bond donors (Lipinski definition) is 3. The summed E-state index contributed by atoms with van der Waals surface area (Å²) >= 11 is 0. The number of imide groups is 1. The van der Waals surface area contributed by atoms with Gasteiger partial charge in [0.2, 0.25) is 5.91 Å². The van der Waals surface area contributed by atoms with Crippen LogP contribution in [0.2, 0.25) is 0 Å². The number of para-hydroxylation sites is 2. The molecule has 19 heavy (non-hydrogen) atoms. The molecule has 3 amide bonds. The molecule has 4 N–H and O–H groups in total. The number of amides is 3. The molecule has 6 heteroatoms. The molecule has 6 nitrogen and oxygen atoms in total. The lowest BCUT2D eigenvalue weighted by molar-refractivity contribution is -0.120. The largest absolute Gasteiger partial charge is 0.383 e. The summed E-state index contributed by atoms with van der Waals surface area (Å²) in [6.07, 6.45) is 0.920. The molecule has 0 saturated carbocycles. The number of anilines is 2. The monoisotopic (exact) mass is 262 g/mol. The van der Waals surface area contributed by atoms with Crippen molar-refractivity contribution in [3.63, 3.8) is 0 Å². The Hall–Kier alpha value is -2.24. The first-order chi connectivity index (χ1) is 9.09. The maximum absolute atomic E-state index is 11.9. The molecule has 0 fully saturated rings. The van der Waals surface area contributed by atoms with E-state index < -0.39 is 12.1 Å². The van der Waals surface area contributed by atoms with Crippen molar-refractivity contribution in [2.45, 2.75) is 19.4 Å². The van der Waals surface area contributed by atoms with Gasteiger partial charge in [0.25, 0.3) is 0 Å². The van der Waals surface area contributed by atoms with Gasteiger partial charge in [-0.15, -0.1) is 0 Å². The third kappa shape index (κ3) is 2.96. The summed E-state index contributed by atoms with van der Waals surface area (Å²) in [7, 11) is 0. The molecule has 0 bridgehead atoms. The maximum Gasteiger partial charge on any atom is 0.318 e. The Morgan fingerprint density at radius 3 is 2.89 bits per heavy atom. The van der Waals surface area contributed by atoms with Crippen molar-refractivity contribution in [2.75, 3.05) is 23.3 Å². The molecule has 0 aromatic heterocycles. The van der Waals surface area contributed by atoms with Crippen LogP contribution in [-0.4, -0.2) is 31.1 Å². The van der Waals surface area contributed by atoms with Crippen molar-refractivity contribution in [1.29, 1.82) is 0 Å². The van der Waals surface area contributed by atoms with E-state index in [1.807, 2.05) is 29.2 Å². The van der Waals surface area contributed by atoms with Crippen molar-refractivity contribution in [1.82, 2.24) is 5.32 Å². The number of carbonyl (C=O) groups is 2. The number of hydrogen-bond acceptors (Lipinski definition) is 4. The molecule has 102 valence electrons. The van der Waals surface area contributed by atoms with Gasteiger partial charge in [-0.05, 0) is 25.5 Å². The highest BCUT2D eigenvalue weighted by atomic mass is 16.2. The van der Waals surface area contributed by atoms with Gasteiger partial charge in [0.1, 0.15) is 6.04 Å². The van der Waals surface area contributed by atoms with E-state index in [4.69, 9.17) is 5.73 Å². The van der Waals surface area contributed by atoms with Crippen LogP contribution >= 0.6 is 0 Å². The molecule has 1 aromatic carbocycles. The van der Waals surface area contributed by atoms with E-state index in [9.17, 15) is 9.59 Å². The zero-order valence-corrected chi connectivity index (χ0v) is 10.8. The van der Waals surface area contributed by atoms with Gasteiger partial charge in [0, 0.05) is 13.1 Å². The van der Waals surface area contributed by atoms with E-state index >= 15 is 0 Å². The van der Waals surface area contributed by atoms with Crippen LogP contribution in [0.1, 0.15) is 13.3 Å². The summed E-state index contributed by atoms with van der Waals surface area (Å²) in [4.78, 5) is 24.7. The van der Waals surface area contributed by atoms with Crippen molar-refractivity contribution in [3.8, 4) is 0 Å². The third-order valence-corrected chi connectivity index (χ3v) is 3.20. The van der Waals surface area contributed by atoms with Crippen LogP contribution in [0.4, 0.5) is 16.2 Å². The van der Waals surface area contributed by atoms with Crippen molar-refractivity contribution in [3.05, 3.63) is 24.3 Å². The molecule has 0 saturated heterocycles. The number of fused-ring (bicyclic) bond motifs is 1. The quantitative estimate of drug-likeness (QED) is 0.738. The van der Waals surface area contributed by atoms with Crippen LogP contribution in [0.15, 0.2) is 24.3 Å². The van der Waals surface area contributed by atoms with Crippen LogP contribution in [0.3, 0.4) is 0 Å². The second-order valence-corrected chi connectivity index (χ2v) is 4.52. The first-order valence-electron chi connectivity index (χ1n) is 6.29. The summed E-state index contributed by atoms with van der Waals surface area (Å²) in [6.45, 7) is 3.37. The highest BCUT2D eigenvalue weighted by Gasteiger charge is 2.25. The van der Waals surface area contributed by atoms with Crippen molar-refractivity contribution < 1.29 is 9.59 Å². The molecular formula is C13H18N4O2.